The largest absolute Gasteiger partial charge is 0.496 e. The van der Waals surface area contributed by atoms with Crippen molar-refractivity contribution in [3.8, 4) is 5.75 Å². The van der Waals surface area contributed by atoms with Gasteiger partial charge < -0.3 is 10.1 Å². The molecule has 0 unspecified atom stereocenters. The molecule has 1 aromatic carbocycles. The molecule has 0 radical (unpaired) electrons. The van der Waals surface area contributed by atoms with Gasteiger partial charge in [-0.05, 0) is 38.1 Å². The summed E-state index contributed by atoms with van der Waals surface area (Å²) in [5.41, 5.74) is 0.765. The van der Waals surface area contributed by atoms with Gasteiger partial charge in [0, 0.05) is 6.20 Å². The molecule has 1 amide bonds. The van der Waals surface area contributed by atoms with Gasteiger partial charge in [0.15, 0.2) is 0 Å². The lowest BCUT2D eigenvalue weighted by molar-refractivity contribution is 0.0907. The van der Waals surface area contributed by atoms with Gasteiger partial charge in [0.2, 0.25) is 0 Å². The molecule has 0 spiro atoms. The topological polar surface area (TPSA) is 51.2 Å². The number of para-hydroxylation sites is 1. The zero-order valence-corrected chi connectivity index (χ0v) is 11.9. The highest BCUT2D eigenvalue weighted by atomic mass is 16.5. The first-order valence-corrected chi connectivity index (χ1v) is 6.41. The fourth-order valence-electron chi connectivity index (χ4n) is 1.98. The number of rotatable bonds is 4. The number of benzene rings is 1. The standard InChI is InChI=1S/C16H18N2O2/c1-16(2,14-10-6-7-11-17-14)18-15(19)12-8-4-5-9-13(12)20-3/h4-11H,1-3H3,(H,18,19). The lowest BCUT2D eigenvalue weighted by atomic mass is 9.99. The van der Waals surface area contributed by atoms with E-state index in [1.165, 1.54) is 0 Å². The number of hydrogen-bond donors (Lipinski definition) is 1. The second kappa shape index (κ2) is 5.74. The molecule has 0 fully saturated rings. The molecular formula is C16H18N2O2. The van der Waals surface area contributed by atoms with Crippen LogP contribution >= 0.6 is 0 Å². The van der Waals surface area contributed by atoms with Crippen LogP contribution in [0.25, 0.3) is 0 Å². The summed E-state index contributed by atoms with van der Waals surface area (Å²) in [6, 6.07) is 12.8. The number of pyridine rings is 1. The molecule has 20 heavy (non-hydrogen) atoms. The average Bonchev–Trinajstić information content (AvgIpc) is 2.47. The number of methoxy groups -OCH3 is 1. The van der Waals surface area contributed by atoms with Crippen molar-refractivity contribution in [2.75, 3.05) is 7.11 Å². The van der Waals surface area contributed by atoms with Crippen LogP contribution in [-0.4, -0.2) is 18.0 Å². The molecule has 4 heteroatoms. The normalized spacial score (nSPS) is 10.9. The summed E-state index contributed by atoms with van der Waals surface area (Å²) in [6.07, 6.45) is 1.71. The van der Waals surface area contributed by atoms with E-state index in [-0.39, 0.29) is 5.91 Å². The lowest BCUT2D eigenvalue weighted by Gasteiger charge is -2.26. The van der Waals surface area contributed by atoms with Gasteiger partial charge in [0.05, 0.1) is 23.9 Å². The Labute approximate surface area is 118 Å². The molecule has 104 valence electrons. The summed E-state index contributed by atoms with van der Waals surface area (Å²) in [6.45, 7) is 3.84. The van der Waals surface area contributed by atoms with E-state index < -0.39 is 5.54 Å². The van der Waals surface area contributed by atoms with Crippen LogP contribution < -0.4 is 10.1 Å². The molecule has 0 atom stereocenters. The number of nitrogens with one attached hydrogen (secondary N) is 1. The minimum absolute atomic E-state index is 0.182. The number of carbonyl (C=O) groups excluding carboxylic acids is 1. The predicted molar refractivity (Wildman–Crippen MR) is 77.7 cm³/mol. The summed E-state index contributed by atoms with van der Waals surface area (Å²) in [4.78, 5) is 16.7. The van der Waals surface area contributed by atoms with E-state index in [9.17, 15) is 4.79 Å². The SMILES string of the molecule is COc1ccccc1C(=O)NC(C)(C)c1ccccn1. The van der Waals surface area contributed by atoms with E-state index in [1.807, 2.05) is 44.2 Å². The van der Waals surface area contributed by atoms with E-state index in [4.69, 9.17) is 4.74 Å². The second-order valence-corrected chi connectivity index (χ2v) is 4.99. The van der Waals surface area contributed by atoms with Gasteiger partial charge in [0.25, 0.3) is 5.91 Å². The molecule has 4 nitrogen and oxygen atoms in total. The Kier molecular flexibility index (Phi) is 4.03. The van der Waals surface area contributed by atoms with Crippen LogP contribution in [0.15, 0.2) is 48.7 Å². The Balaban J connectivity index is 2.23. The van der Waals surface area contributed by atoms with Crippen molar-refractivity contribution >= 4 is 5.91 Å². The summed E-state index contributed by atoms with van der Waals surface area (Å²) in [5.74, 6) is 0.375. The third-order valence-corrected chi connectivity index (χ3v) is 3.08. The van der Waals surface area contributed by atoms with Crippen LogP contribution in [0.1, 0.15) is 29.9 Å². The molecule has 1 N–H and O–H groups in total. The average molecular weight is 270 g/mol. The van der Waals surface area contributed by atoms with Gasteiger partial charge in [-0.3, -0.25) is 9.78 Å². The molecule has 0 aliphatic carbocycles. The molecule has 0 saturated carbocycles. The molecule has 0 aliphatic rings. The highest BCUT2D eigenvalue weighted by molar-refractivity contribution is 5.97. The number of carbonyl (C=O) groups is 1. The van der Waals surface area contributed by atoms with Crippen LogP contribution in [0.4, 0.5) is 0 Å². The van der Waals surface area contributed by atoms with Crippen molar-refractivity contribution in [1.82, 2.24) is 10.3 Å². The number of aromatic nitrogens is 1. The fraction of sp³-hybridized carbons (Fsp3) is 0.250. The van der Waals surface area contributed by atoms with Gasteiger partial charge in [-0.25, -0.2) is 0 Å². The number of hydrogen-bond acceptors (Lipinski definition) is 3. The maximum Gasteiger partial charge on any atom is 0.255 e. The third-order valence-electron chi connectivity index (χ3n) is 3.08. The highest BCUT2D eigenvalue weighted by Gasteiger charge is 2.25. The van der Waals surface area contributed by atoms with Crippen molar-refractivity contribution < 1.29 is 9.53 Å². The second-order valence-electron chi connectivity index (χ2n) is 4.99. The first-order valence-electron chi connectivity index (χ1n) is 6.41. The van der Waals surface area contributed by atoms with Crippen LogP contribution in [0.5, 0.6) is 5.75 Å². The van der Waals surface area contributed by atoms with Crippen LogP contribution in [-0.2, 0) is 5.54 Å². The van der Waals surface area contributed by atoms with Crippen LogP contribution in [0.3, 0.4) is 0 Å². The number of nitrogens with zero attached hydrogens (tertiary/aromatic N) is 1. The van der Waals surface area contributed by atoms with E-state index >= 15 is 0 Å². The first kappa shape index (κ1) is 14.1. The minimum atomic E-state index is -0.556. The fourth-order valence-corrected chi connectivity index (χ4v) is 1.98. The maximum atomic E-state index is 12.4. The van der Waals surface area contributed by atoms with Crippen LogP contribution in [0, 0.1) is 0 Å². The zero-order valence-electron chi connectivity index (χ0n) is 11.9. The highest BCUT2D eigenvalue weighted by Crippen LogP contribution is 2.21. The molecular weight excluding hydrogens is 252 g/mol. The van der Waals surface area contributed by atoms with Crippen LogP contribution in [0.2, 0.25) is 0 Å². The molecule has 0 saturated heterocycles. The van der Waals surface area contributed by atoms with Gasteiger partial charge in [-0.1, -0.05) is 18.2 Å². The van der Waals surface area contributed by atoms with Gasteiger partial charge in [-0.2, -0.15) is 0 Å². The van der Waals surface area contributed by atoms with Crippen molar-refractivity contribution in [2.24, 2.45) is 0 Å². The quantitative estimate of drug-likeness (QED) is 0.929. The Hall–Kier alpha value is -2.36. The van der Waals surface area contributed by atoms with E-state index in [0.29, 0.717) is 11.3 Å². The zero-order chi connectivity index (χ0) is 14.6. The maximum absolute atomic E-state index is 12.4. The molecule has 2 aromatic rings. The first-order chi connectivity index (χ1) is 9.54. The van der Waals surface area contributed by atoms with Crippen molar-refractivity contribution in [2.45, 2.75) is 19.4 Å². The molecule has 0 bridgehead atoms. The van der Waals surface area contributed by atoms with E-state index in [1.54, 1.807) is 25.4 Å². The summed E-state index contributed by atoms with van der Waals surface area (Å²) < 4.78 is 5.21. The Bertz CT molecular complexity index is 594. The predicted octanol–water partition coefficient (Wildman–Crippen LogP) is 2.76. The molecule has 1 aromatic heterocycles. The molecule has 0 aliphatic heterocycles. The van der Waals surface area contributed by atoms with E-state index in [0.717, 1.165) is 5.69 Å². The Morgan fingerprint density at radius 3 is 2.50 bits per heavy atom. The lowest BCUT2D eigenvalue weighted by Crippen LogP contribution is -2.41. The Morgan fingerprint density at radius 1 is 1.15 bits per heavy atom. The van der Waals surface area contributed by atoms with Crippen molar-refractivity contribution in [3.63, 3.8) is 0 Å². The Morgan fingerprint density at radius 2 is 1.85 bits per heavy atom. The third kappa shape index (κ3) is 2.96. The summed E-state index contributed by atoms with van der Waals surface area (Å²) in [7, 11) is 1.55. The van der Waals surface area contributed by atoms with Gasteiger partial charge >= 0.3 is 0 Å². The van der Waals surface area contributed by atoms with Gasteiger partial charge in [-0.15, -0.1) is 0 Å². The molecule has 1 heterocycles. The monoisotopic (exact) mass is 270 g/mol. The van der Waals surface area contributed by atoms with Gasteiger partial charge in [0.1, 0.15) is 5.75 Å². The molecule has 2 rings (SSSR count). The number of amides is 1. The smallest absolute Gasteiger partial charge is 0.255 e. The van der Waals surface area contributed by atoms with E-state index in [2.05, 4.69) is 10.3 Å². The summed E-state index contributed by atoms with van der Waals surface area (Å²) in [5, 5.41) is 2.98. The summed E-state index contributed by atoms with van der Waals surface area (Å²) >= 11 is 0. The number of ether oxygens (including phenoxy) is 1. The van der Waals surface area contributed by atoms with Crippen molar-refractivity contribution in [3.05, 3.63) is 59.9 Å². The van der Waals surface area contributed by atoms with Crippen molar-refractivity contribution in [1.29, 1.82) is 0 Å². The minimum Gasteiger partial charge on any atom is -0.496 e.